The van der Waals surface area contributed by atoms with E-state index in [-0.39, 0.29) is 0 Å². The van der Waals surface area contributed by atoms with E-state index in [9.17, 15) is 9.59 Å². The molecule has 2 aromatic heterocycles. The lowest BCUT2D eigenvalue weighted by molar-refractivity contribution is 0.0735. The first-order valence-corrected chi connectivity index (χ1v) is 8.38. The molecule has 27 heavy (non-hydrogen) atoms. The lowest BCUT2D eigenvalue weighted by Gasteiger charge is -2.10. The molecule has 4 aromatic rings. The van der Waals surface area contributed by atoms with Gasteiger partial charge in [-0.15, -0.1) is 0 Å². The van der Waals surface area contributed by atoms with Crippen LogP contribution in [-0.2, 0) is 0 Å². The predicted octanol–water partition coefficient (Wildman–Crippen LogP) is 4.38. The number of fused-ring (bicyclic) bond motifs is 1. The quantitative estimate of drug-likeness (QED) is 0.309. The Balaban J connectivity index is 1.78. The molecule has 4 rings (SSSR count). The topological polar surface area (TPSA) is 69.4 Å². The molecule has 0 aliphatic carbocycles. The lowest BCUT2D eigenvalue weighted by Crippen LogP contribution is -2.09. The Kier molecular flexibility index (Phi) is 4.26. The van der Waals surface area contributed by atoms with Gasteiger partial charge in [-0.25, -0.2) is 9.59 Å². The van der Waals surface area contributed by atoms with Crippen molar-refractivity contribution in [3.8, 4) is 16.9 Å². The van der Waals surface area contributed by atoms with Crippen LogP contribution in [0.3, 0.4) is 0 Å². The molecule has 0 saturated carbocycles. The Hall–Kier alpha value is -3.73. The third-order valence-corrected chi connectivity index (χ3v) is 4.33. The van der Waals surface area contributed by atoms with E-state index in [1.54, 1.807) is 30.3 Å². The highest BCUT2D eigenvalue weighted by molar-refractivity contribution is 5.92. The molecular formula is C22H15NO4. The fourth-order valence-corrected chi connectivity index (χ4v) is 2.99. The molecule has 2 heterocycles. The summed E-state index contributed by atoms with van der Waals surface area (Å²) < 4.78 is 10.9. The number of pyridine rings is 1. The molecule has 2 aromatic carbocycles. The summed E-state index contributed by atoms with van der Waals surface area (Å²) in [5.74, 6) is -0.102. The zero-order chi connectivity index (χ0) is 18.8. The number of nitrogens with zero attached hydrogens (tertiary/aromatic N) is 1. The fourth-order valence-electron chi connectivity index (χ4n) is 2.99. The van der Waals surface area contributed by atoms with Crippen molar-refractivity contribution in [1.82, 2.24) is 4.98 Å². The van der Waals surface area contributed by atoms with Crippen molar-refractivity contribution < 1.29 is 13.9 Å². The van der Waals surface area contributed by atoms with E-state index < -0.39 is 11.6 Å². The summed E-state index contributed by atoms with van der Waals surface area (Å²) in [6, 6.07) is 17.5. The monoisotopic (exact) mass is 357 g/mol. The van der Waals surface area contributed by atoms with Gasteiger partial charge in [0.2, 0.25) is 0 Å². The molecule has 0 unspecified atom stereocenters. The van der Waals surface area contributed by atoms with Gasteiger partial charge in [0.25, 0.3) is 0 Å². The Morgan fingerprint density at radius 3 is 2.48 bits per heavy atom. The van der Waals surface area contributed by atoms with Gasteiger partial charge in [0.15, 0.2) is 0 Å². The number of carbonyl (C=O) groups excluding carboxylic acids is 1. The van der Waals surface area contributed by atoms with Crippen LogP contribution in [0.1, 0.15) is 15.9 Å². The van der Waals surface area contributed by atoms with Gasteiger partial charge < -0.3 is 9.15 Å². The number of hydrogen-bond donors (Lipinski definition) is 0. The average Bonchev–Trinajstić information content (AvgIpc) is 2.70. The summed E-state index contributed by atoms with van der Waals surface area (Å²) in [6.45, 7) is 1.86. The van der Waals surface area contributed by atoms with Gasteiger partial charge in [0.1, 0.15) is 11.3 Å². The number of carbonyl (C=O) groups is 1. The van der Waals surface area contributed by atoms with E-state index in [1.807, 2.05) is 37.3 Å². The van der Waals surface area contributed by atoms with Crippen LogP contribution in [0.25, 0.3) is 22.1 Å². The van der Waals surface area contributed by atoms with Gasteiger partial charge in [-0.1, -0.05) is 30.3 Å². The predicted molar refractivity (Wildman–Crippen MR) is 102 cm³/mol. The first-order valence-electron chi connectivity index (χ1n) is 8.38. The highest BCUT2D eigenvalue weighted by Gasteiger charge is 2.15. The summed E-state index contributed by atoms with van der Waals surface area (Å²) in [5.41, 5.74) is 2.51. The van der Waals surface area contributed by atoms with Crippen LogP contribution in [0.5, 0.6) is 5.75 Å². The second-order valence-corrected chi connectivity index (χ2v) is 6.04. The number of hydrogen-bond acceptors (Lipinski definition) is 5. The summed E-state index contributed by atoms with van der Waals surface area (Å²) in [6.07, 6.45) is 3.06. The molecule has 0 radical (unpaired) electrons. The first kappa shape index (κ1) is 16.7. The molecule has 0 N–H and O–H groups in total. The van der Waals surface area contributed by atoms with Crippen molar-refractivity contribution in [3.05, 3.63) is 94.6 Å². The number of benzene rings is 2. The Morgan fingerprint density at radius 1 is 1.00 bits per heavy atom. The number of aryl methyl sites for hydroxylation is 1. The van der Waals surface area contributed by atoms with Crippen LogP contribution in [0.4, 0.5) is 0 Å². The smallest absolute Gasteiger partial charge is 0.344 e. The fraction of sp³-hybridized carbons (Fsp3) is 0.0455. The highest BCUT2D eigenvalue weighted by Crippen LogP contribution is 2.29. The van der Waals surface area contributed by atoms with Crippen molar-refractivity contribution in [2.75, 3.05) is 0 Å². The maximum absolute atomic E-state index is 12.4. The van der Waals surface area contributed by atoms with Crippen LogP contribution < -0.4 is 10.4 Å². The number of ether oxygens (including phenoxy) is 1. The SMILES string of the molecule is Cc1c(-c2ccccc2)c(=O)oc2ccc(OC(=O)c3ccncc3)cc12. The second-order valence-electron chi connectivity index (χ2n) is 6.04. The van der Waals surface area contributed by atoms with E-state index >= 15 is 0 Å². The van der Waals surface area contributed by atoms with Gasteiger partial charge in [0.05, 0.1) is 11.1 Å². The molecule has 0 fully saturated rings. The zero-order valence-electron chi connectivity index (χ0n) is 14.5. The van der Waals surface area contributed by atoms with Crippen molar-refractivity contribution >= 4 is 16.9 Å². The van der Waals surface area contributed by atoms with Crippen molar-refractivity contribution in [2.24, 2.45) is 0 Å². The van der Waals surface area contributed by atoms with E-state index in [4.69, 9.17) is 9.15 Å². The van der Waals surface area contributed by atoms with Gasteiger partial charge >= 0.3 is 11.6 Å². The van der Waals surface area contributed by atoms with E-state index in [2.05, 4.69) is 4.98 Å². The lowest BCUT2D eigenvalue weighted by atomic mass is 9.99. The van der Waals surface area contributed by atoms with Gasteiger partial charge in [-0.2, -0.15) is 0 Å². The number of esters is 1. The van der Waals surface area contributed by atoms with Crippen LogP contribution in [-0.4, -0.2) is 11.0 Å². The number of rotatable bonds is 3. The third-order valence-electron chi connectivity index (χ3n) is 4.33. The van der Waals surface area contributed by atoms with Gasteiger partial charge in [-0.05, 0) is 48.4 Å². The minimum atomic E-state index is -0.477. The van der Waals surface area contributed by atoms with E-state index in [0.717, 1.165) is 11.1 Å². The normalized spacial score (nSPS) is 10.7. The largest absolute Gasteiger partial charge is 0.423 e. The molecule has 0 amide bonds. The standard InChI is InChI=1S/C22H15NO4/c1-14-18-13-17(26-21(24)16-9-11-23-12-10-16)7-8-19(18)27-22(25)20(14)15-5-3-2-4-6-15/h2-13H,1H3. The Morgan fingerprint density at radius 2 is 1.74 bits per heavy atom. The third kappa shape index (κ3) is 3.22. The van der Waals surface area contributed by atoms with Crippen LogP contribution in [0.15, 0.2) is 82.3 Å². The van der Waals surface area contributed by atoms with Crippen molar-refractivity contribution in [2.45, 2.75) is 6.92 Å². The Labute approximate surface area is 154 Å². The summed E-state index contributed by atoms with van der Waals surface area (Å²) in [4.78, 5) is 28.6. The second kappa shape index (κ2) is 6.88. The van der Waals surface area contributed by atoms with Crippen molar-refractivity contribution in [1.29, 1.82) is 0 Å². The van der Waals surface area contributed by atoms with Gasteiger partial charge in [-0.3, -0.25) is 4.98 Å². The zero-order valence-corrected chi connectivity index (χ0v) is 14.5. The van der Waals surface area contributed by atoms with E-state index in [0.29, 0.717) is 27.8 Å². The molecule has 0 saturated heterocycles. The molecule has 0 bridgehead atoms. The van der Waals surface area contributed by atoms with E-state index in [1.165, 1.54) is 12.4 Å². The molecule has 5 nitrogen and oxygen atoms in total. The average molecular weight is 357 g/mol. The minimum absolute atomic E-state index is 0.375. The molecule has 0 aliphatic rings. The minimum Gasteiger partial charge on any atom is -0.423 e. The summed E-state index contributed by atoms with van der Waals surface area (Å²) in [7, 11) is 0. The maximum Gasteiger partial charge on any atom is 0.344 e. The summed E-state index contributed by atoms with van der Waals surface area (Å²) >= 11 is 0. The maximum atomic E-state index is 12.4. The molecular weight excluding hydrogens is 342 g/mol. The molecule has 0 spiro atoms. The number of aromatic nitrogens is 1. The highest BCUT2D eigenvalue weighted by atomic mass is 16.5. The molecule has 0 atom stereocenters. The van der Waals surface area contributed by atoms with Crippen LogP contribution >= 0.6 is 0 Å². The molecule has 132 valence electrons. The Bertz CT molecular complexity index is 1180. The van der Waals surface area contributed by atoms with Gasteiger partial charge in [0, 0.05) is 17.8 Å². The van der Waals surface area contributed by atoms with Crippen LogP contribution in [0, 0.1) is 6.92 Å². The summed E-state index contributed by atoms with van der Waals surface area (Å²) in [5, 5.41) is 0.716. The molecule has 5 heteroatoms. The first-order chi connectivity index (χ1) is 13.1. The van der Waals surface area contributed by atoms with Crippen molar-refractivity contribution in [3.63, 3.8) is 0 Å². The molecule has 0 aliphatic heterocycles. The van der Waals surface area contributed by atoms with Crippen LogP contribution in [0.2, 0.25) is 0 Å².